The molecule has 0 saturated carbocycles. The van der Waals surface area contributed by atoms with Crippen molar-refractivity contribution in [3.8, 4) is 0 Å². The third-order valence-corrected chi connectivity index (χ3v) is 4.87. The molecule has 0 aromatic heterocycles. The molecule has 1 saturated heterocycles. The molecular formula is C16H23BrN2O2. The van der Waals surface area contributed by atoms with Crippen LogP contribution in [0.1, 0.15) is 31.2 Å². The summed E-state index contributed by atoms with van der Waals surface area (Å²) in [5.41, 5.74) is 1.95. The second kappa shape index (κ2) is 7.92. The van der Waals surface area contributed by atoms with Gasteiger partial charge in [-0.15, -0.1) is 0 Å². The van der Waals surface area contributed by atoms with Crippen molar-refractivity contribution >= 4 is 27.5 Å². The number of likely N-dealkylation sites (tertiary alicyclic amines) is 1. The smallest absolute Gasteiger partial charge is 0.238 e. The fraction of sp³-hybridized carbons (Fsp3) is 0.562. The maximum Gasteiger partial charge on any atom is 0.238 e. The molecule has 4 nitrogen and oxygen atoms in total. The summed E-state index contributed by atoms with van der Waals surface area (Å²) in [7, 11) is 0. The summed E-state index contributed by atoms with van der Waals surface area (Å²) in [6.45, 7) is 3.65. The van der Waals surface area contributed by atoms with E-state index in [2.05, 4.69) is 26.1 Å². The van der Waals surface area contributed by atoms with Crippen molar-refractivity contribution in [2.75, 3.05) is 25.0 Å². The van der Waals surface area contributed by atoms with Crippen LogP contribution < -0.4 is 5.32 Å². The van der Waals surface area contributed by atoms with E-state index >= 15 is 0 Å². The van der Waals surface area contributed by atoms with E-state index in [-0.39, 0.29) is 12.5 Å². The minimum Gasteiger partial charge on any atom is -0.396 e. The Labute approximate surface area is 134 Å². The molecule has 1 atom stereocenters. The van der Waals surface area contributed by atoms with Gasteiger partial charge in [0.1, 0.15) is 0 Å². The molecule has 1 aromatic carbocycles. The van der Waals surface area contributed by atoms with Crippen molar-refractivity contribution in [1.82, 2.24) is 4.90 Å². The van der Waals surface area contributed by atoms with Gasteiger partial charge in [-0.25, -0.2) is 0 Å². The molecule has 1 heterocycles. The number of carbonyl (C=O) groups is 1. The van der Waals surface area contributed by atoms with E-state index in [1.165, 1.54) is 0 Å². The summed E-state index contributed by atoms with van der Waals surface area (Å²) in [6, 6.07) is 6.26. The van der Waals surface area contributed by atoms with Crippen molar-refractivity contribution in [3.05, 3.63) is 28.2 Å². The molecule has 0 aliphatic carbocycles. The van der Waals surface area contributed by atoms with E-state index < -0.39 is 0 Å². The Kier molecular flexibility index (Phi) is 6.21. The summed E-state index contributed by atoms with van der Waals surface area (Å²) in [6.07, 6.45) is 4.06. The Bertz CT molecular complexity index is 493. The highest BCUT2D eigenvalue weighted by atomic mass is 79.9. The van der Waals surface area contributed by atoms with Crippen LogP contribution >= 0.6 is 15.9 Å². The van der Waals surface area contributed by atoms with Gasteiger partial charge < -0.3 is 10.4 Å². The topological polar surface area (TPSA) is 52.6 Å². The summed E-state index contributed by atoms with van der Waals surface area (Å²) in [5, 5.41) is 11.9. The fourth-order valence-corrected chi connectivity index (χ4v) is 3.11. The van der Waals surface area contributed by atoms with Gasteiger partial charge in [0.2, 0.25) is 5.91 Å². The number of rotatable bonds is 6. The number of aliphatic hydroxyl groups excluding tert-OH is 1. The highest BCUT2D eigenvalue weighted by molar-refractivity contribution is 9.10. The van der Waals surface area contributed by atoms with E-state index in [1.54, 1.807) is 0 Å². The molecule has 2 N–H and O–H groups in total. The van der Waals surface area contributed by atoms with Crippen LogP contribution in [-0.2, 0) is 4.79 Å². The summed E-state index contributed by atoms with van der Waals surface area (Å²) in [5.74, 6) is 0.0348. The zero-order valence-corrected chi connectivity index (χ0v) is 14.0. The van der Waals surface area contributed by atoms with Gasteiger partial charge in [0.25, 0.3) is 0 Å². The highest BCUT2D eigenvalue weighted by Crippen LogP contribution is 2.22. The third-order valence-electron chi connectivity index (χ3n) is 3.98. The Balaban J connectivity index is 1.87. The summed E-state index contributed by atoms with van der Waals surface area (Å²) in [4.78, 5) is 14.4. The van der Waals surface area contributed by atoms with Gasteiger partial charge in [0.15, 0.2) is 0 Å². The number of aliphatic hydroxyl groups is 1. The van der Waals surface area contributed by atoms with Crippen LogP contribution in [0.3, 0.4) is 0 Å². The van der Waals surface area contributed by atoms with Gasteiger partial charge in [-0.2, -0.15) is 0 Å². The predicted octanol–water partition coefficient (Wildman–Crippen LogP) is 2.93. The number of benzene rings is 1. The van der Waals surface area contributed by atoms with Crippen LogP contribution in [0.2, 0.25) is 0 Å². The Morgan fingerprint density at radius 2 is 2.33 bits per heavy atom. The van der Waals surface area contributed by atoms with Crippen molar-refractivity contribution in [1.29, 1.82) is 0 Å². The molecule has 116 valence electrons. The van der Waals surface area contributed by atoms with Crippen LogP contribution in [0.15, 0.2) is 22.7 Å². The SMILES string of the molecule is Cc1cc(NC(=O)CN2CCCC2CCCO)ccc1Br. The number of amides is 1. The van der Waals surface area contributed by atoms with Gasteiger partial charge in [-0.1, -0.05) is 15.9 Å². The molecule has 0 spiro atoms. The van der Waals surface area contributed by atoms with E-state index in [9.17, 15) is 4.79 Å². The molecule has 1 aromatic rings. The van der Waals surface area contributed by atoms with Crippen LogP contribution in [0.25, 0.3) is 0 Å². The molecule has 0 bridgehead atoms. The first-order chi connectivity index (χ1) is 10.1. The largest absolute Gasteiger partial charge is 0.396 e. The minimum atomic E-state index is 0.0348. The van der Waals surface area contributed by atoms with Gasteiger partial charge in [-0.05, 0) is 62.9 Å². The van der Waals surface area contributed by atoms with E-state index in [1.807, 2.05) is 25.1 Å². The van der Waals surface area contributed by atoms with Crippen molar-refractivity contribution in [3.63, 3.8) is 0 Å². The molecule has 1 unspecified atom stereocenters. The fourth-order valence-electron chi connectivity index (χ4n) is 2.86. The zero-order valence-electron chi connectivity index (χ0n) is 12.4. The molecule has 1 aliphatic rings. The zero-order chi connectivity index (χ0) is 15.2. The van der Waals surface area contributed by atoms with Gasteiger partial charge in [-0.3, -0.25) is 9.69 Å². The number of aryl methyl sites for hydroxylation is 1. The average molecular weight is 355 g/mol. The lowest BCUT2D eigenvalue weighted by atomic mass is 10.1. The maximum atomic E-state index is 12.2. The molecular weight excluding hydrogens is 332 g/mol. The number of hydrogen-bond donors (Lipinski definition) is 2. The van der Waals surface area contributed by atoms with E-state index in [0.717, 1.165) is 48.0 Å². The first-order valence-corrected chi connectivity index (χ1v) is 8.30. The molecule has 1 fully saturated rings. The minimum absolute atomic E-state index is 0.0348. The second-order valence-electron chi connectivity index (χ2n) is 5.64. The normalized spacial score (nSPS) is 18.9. The Morgan fingerprint density at radius 1 is 1.52 bits per heavy atom. The monoisotopic (exact) mass is 354 g/mol. The maximum absolute atomic E-state index is 12.2. The van der Waals surface area contributed by atoms with Gasteiger partial charge in [0, 0.05) is 22.8 Å². The standard InChI is InChI=1S/C16H23BrN2O2/c1-12-10-13(6-7-15(12)17)18-16(21)11-19-8-2-4-14(19)5-3-9-20/h6-7,10,14,20H,2-5,8-9,11H2,1H3,(H,18,21). The van der Waals surface area contributed by atoms with E-state index in [4.69, 9.17) is 5.11 Å². The van der Waals surface area contributed by atoms with Crippen LogP contribution in [0.5, 0.6) is 0 Å². The number of carbonyl (C=O) groups excluding carboxylic acids is 1. The second-order valence-corrected chi connectivity index (χ2v) is 6.50. The van der Waals surface area contributed by atoms with E-state index in [0.29, 0.717) is 12.6 Å². The first kappa shape index (κ1) is 16.5. The van der Waals surface area contributed by atoms with Crippen LogP contribution in [0.4, 0.5) is 5.69 Å². The Hall–Kier alpha value is -0.910. The number of nitrogens with zero attached hydrogens (tertiary/aromatic N) is 1. The lowest BCUT2D eigenvalue weighted by molar-refractivity contribution is -0.117. The molecule has 0 radical (unpaired) electrons. The number of halogens is 1. The molecule has 2 rings (SSSR count). The molecule has 1 amide bonds. The summed E-state index contributed by atoms with van der Waals surface area (Å²) < 4.78 is 1.05. The summed E-state index contributed by atoms with van der Waals surface area (Å²) >= 11 is 3.46. The third kappa shape index (κ3) is 4.80. The van der Waals surface area contributed by atoms with Crippen LogP contribution in [-0.4, -0.2) is 41.7 Å². The van der Waals surface area contributed by atoms with Crippen molar-refractivity contribution < 1.29 is 9.90 Å². The lowest BCUT2D eigenvalue weighted by Crippen LogP contribution is -2.36. The number of hydrogen-bond acceptors (Lipinski definition) is 3. The number of nitrogens with one attached hydrogen (secondary N) is 1. The number of anilines is 1. The first-order valence-electron chi connectivity index (χ1n) is 7.51. The predicted molar refractivity (Wildman–Crippen MR) is 88.4 cm³/mol. The quantitative estimate of drug-likeness (QED) is 0.825. The Morgan fingerprint density at radius 3 is 3.05 bits per heavy atom. The lowest BCUT2D eigenvalue weighted by Gasteiger charge is -2.23. The van der Waals surface area contributed by atoms with Gasteiger partial charge >= 0.3 is 0 Å². The van der Waals surface area contributed by atoms with Gasteiger partial charge in [0.05, 0.1) is 6.54 Å². The average Bonchev–Trinajstić information content (AvgIpc) is 2.87. The highest BCUT2D eigenvalue weighted by Gasteiger charge is 2.25. The van der Waals surface area contributed by atoms with Crippen molar-refractivity contribution in [2.45, 2.75) is 38.6 Å². The van der Waals surface area contributed by atoms with Crippen molar-refractivity contribution in [2.24, 2.45) is 0 Å². The molecule has 5 heteroatoms. The molecule has 21 heavy (non-hydrogen) atoms. The van der Waals surface area contributed by atoms with Crippen LogP contribution in [0, 0.1) is 6.92 Å². The molecule has 1 aliphatic heterocycles.